The summed E-state index contributed by atoms with van der Waals surface area (Å²) in [6, 6.07) is 22.7. The molecule has 0 aromatic heterocycles. The van der Waals surface area contributed by atoms with Crippen LogP contribution >= 0.6 is 23.2 Å². The summed E-state index contributed by atoms with van der Waals surface area (Å²) < 4.78 is 26.9. The van der Waals surface area contributed by atoms with Gasteiger partial charge in [0.2, 0.25) is 9.84 Å². The van der Waals surface area contributed by atoms with E-state index in [1.165, 1.54) is 24.3 Å². The fraction of sp³-hybridized carbons (Fsp3) is 0. The molecular weight excluding hydrogens is 455 g/mol. The van der Waals surface area contributed by atoms with Gasteiger partial charge in [-0.3, -0.25) is 0 Å². The summed E-state index contributed by atoms with van der Waals surface area (Å²) in [7, 11) is -4.31. The van der Waals surface area contributed by atoms with Crippen LogP contribution in [-0.4, -0.2) is 18.6 Å². The van der Waals surface area contributed by atoms with E-state index in [0.29, 0.717) is 11.1 Å². The van der Waals surface area contributed by atoms with Gasteiger partial charge in [-0.2, -0.15) is 0 Å². The molecule has 0 aliphatic rings. The molecule has 0 unspecified atom stereocenters. The number of phenolic OH excluding ortho intramolecular Hbond substituents is 2. The third-order valence-corrected chi connectivity index (χ3v) is 7.33. The SMILES string of the molecule is O=S(=O)(c1ccc(Cl)c(-c2ccccc2)c1O)c1ccc(Cl)c(-c2ccccc2)c1O. The molecule has 0 radical (unpaired) electrons. The van der Waals surface area contributed by atoms with E-state index in [1.807, 2.05) is 0 Å². The predicted octanol–water partition coefficient (Wildman–Crippen LogP) is 6.57. The van der Waals surface area contributed by atoms with Crippen LogP contribution in [0.2, 0.25) is 10.0 Å². The molecule has 0 saturated heterocycles. The monoisotopic (exact) mass is 470 g/mol. The average molecular weight is 471 g/mol. The lowest BCUT2D eigenvalue weighted by molar-refractivity contribution is 0.455. The zero-order valence-electron chi connectivity index (χ0n) is 16.0. The number of sulfone groups is 1. The van der Waals surface area contributed by atoms with Crippen molar-refractivity contribution < 1.29 is 18.6 Å². The largest absolute Gasteiger partial charge is 0.506 e. The van der Waals surface area contributed by atoms with Crippen LogP contribution in [0.3, 0.4) is 0 Å². The first-order valence-corrected chi connectivity index (χ1v) is 11.4. The molecule has 4 aromatic carbocycles. The Bertz CT molecular complexity index is 1270. The zero-order chi connectivity index (χ0) is 22.2. The van der Waals surface area contributed by atoms with Crippen molar-refractivity contribution >= 4 is 33.0 Å². The van der Waals surface area contributed by atoms with Crippen molar-refractivity contribution in [2.24, 2.45) is 0 Å². The van der Waals surface area contributed by atoms with Gasteiger partial charge in [-0.15, -0.1) is 0 Å². The van der Waals surface area contributed by atoms with E-state index in [2.05, 4.69) is 0 Å². The lowest BCUT2D eigenvalue weighted by atomic mass is 10.0. The number of rotatable bonds is 4. The van der Waals surface area contributed by atoms with Gasteiger partial charge in [-0.25, -0.2) is 8.42 Å². The minimum atomic E-state index is -4.31. The lowest BCUT2D eigenvalue weighted by Gasteiger charge is -2.15. The molecular formula is C24H16Cl2O4S. The Kier molecular flexibility index (Phi) is 5.67. The van der Waals surface area contributed by atoms with Crippen molar-refractivity contribution in [3.8, 4) is 33.8 Å². The Morgan fingerprint density at radius 2 is 0.903 bits per heavy atom. The molecule has 0 amide bonds. The Morgan fingerprint density at radius 3 is 1.26 bits per heavy atom. The van der Waals surface area contributed by atoms with E-state index in [1.54, 1.807) is 60.7 Å². The highest BCUT2D eigenvalue weighted by molar-refractivity contribution is 7.91. The van der Waals surface area contributed by atoms with Crippen LogP contribution in [-0.2, 0) is 9.84 Å². The number of aromatic hydroxyl groups is 2. The molecule has 0 bridgehead atoms. The van der Waals surface area contributed by atoms with Crippen molar-refractivity contribution in [1.82, 2.24) is 0 Å². The molecule has 0 saturated carbocycles. The number of halogens is 2. The Balaban J connectivity index is 1.94. The van der Waals surface area contributed by atoms with Gasteiger partial charge < -0.3 is 10.2 Å². The van der Waals surface area contributed by atoms with Gasteiger partial charge in [0.15, 0.2) is 0 Å². The van der Waals surface area contributed by atoms with Gasteiger partial charge in [-0.05, 0) is 35.4 Å². The van der Waals surface area contributed by atoms with E-state index in [0.717, 1.165) is 0 Å². The van der Waals surface area contributed by atoms with Gasteiger partial charge in [-0.1, -0.05) is 83.9 Å². The molecule has 2 N–H and O–H groups in total. The molecule has 31 heavy (non-hydrogen) atoms. The molecule has 0 fully saturated rings. The second kappa shape index (κ2) is 8.27. The smallest absolute Gasteiger partial charge is 0.213 e. The highest BCUT2D eigenvalue weighted by Gasteiger charge is 2.29. The summed E-state index contributed by atoms with van der Waals surface area (Å²) in [5, 5.41) is 22.2. The molecule has 0 aliphatic carbocycles. The Morgan fingerprint density at radius 1 is 0.548 bits per heavy atom. The van der Waals surface area contributed by atoms with Crippen molar-refractivity contribution in [2.75, 3.05) is 0 Å². The van der Waals surface area contributed by atoms with Crippen molar-refractivity contribution in [1.29, 1.82) is 0 Å². The summed E-state index contributed by atoms with van der Waals surface area (Å²) >= 11 is 12.5. The third-order valence-electron chi connectivity index (χ3n) is 4.88. The first kappa shape index (κ1) is 21.2. The Labute approximate surface area is 189 Å². The highest BCUT2D eigenvalue weighted by Crippen LogP contribution is 2.46. The molecule has 7 heteroatoms. The van der Waals surface area contributed by atoms with Crippen LogP contribution in [0.1, 0.15) is 0 Å². The lowest BCUT2D eigenvalue weighted by Crippen LogP contribution is -2.04. The first-order chi connectivity index (χ1) is 14.8. The molecule has 4 aromatic rings. The second-order valence-corrected chi connectivity index (χ2v) is 9.47. The topological polar surface area (TPSA) is 74.6 Å². The summed E-state index contributed by atoms with van der Waals surface area (Å²) in [5.41, 5.74) is 1.51. The van der Waals surface area contributed by atoms with Gasteiger partial charge in [0.25, 0.3) is 0 Å². The maximum atomic E-state index is 13.5. The van der Waals surface area contributed by atoms with E-state index in [4.69, 9.17) is 23.2 Å². The van der Waals surface area contributed by atoms with Crippen molar-refractivity contribution in [3.63, 3.8) is 0 Å². The second-order valence-electron chi connectivity index (χ2n) is 6.77. The molecule has 4 nitrogen and oxygen atoms in total. The van der Waals surface area contributed by atoms with Crippen LogP contribution in [0, 0.1) is 0 Å². The van der Waals surface area contributed by atoms with Gasteiger partial charge in [0, 0.05) is 11.1 Å². The zero-order valence-corrected chi connectivity index (χ0v) is 18.3. The minimum absolute atomic E-state index is 0.195. The number of benzene rings is 4. The average Bonchev–Trinajstić information content (AvgIpc) is 2.75. The summed E-state index contributed by atoms with van der Waals surface area (Å²) in [6.07, 6.45) is 0. The summed E-state index contributed by atoms with van der Waals surface area (Å²) in [5.74, 6) is -0.983. The third kappa shape index (κ3) is 3.76. The fourth-order valence-corrected chi connectivity index (χ4v) is 5.37. The van der Waals surface area contributed by atoms with E-state index < -0.39 is 21.3 Å². The Hall–Kier alpha value is -2.99. The normalized spacial score (nSPS) is 11.4. The predicted molar refractivity (Wildman–Crippen MR) is 123 cm³/mol. The van der Waals surface area contributed by atoms with Crippen molar-refractivity contribution in [2.45, 2.75) is 9.79 Å². The summed E-state index contributed by atoms with van der Waals surface area (Å²) in [6.45, 7) is 0. The maximum Gasteiger partial charge on any atom is 0.213 e. The quantitative estimate of drug-likeness (QED) is 0.353. The molecule has 156 valence electrons. The standard InChI is InChI=1S/C24H16Cl2O4S/c25-17-11-13-19(23(27)21(17)15-7-3-1-4-8-15)31(29,30)20-14-12-18(26)22(24(20)28)16-9-5-2-6-10-16/h1-14,27-28H. The van der Waals surface area contributed by atoms with E-state index in [-0.39, 0.29) is 31.0 Å². The van der Waals surface area contributed by atoms with Crippen LogP contribution in [0.5, 0.6) is 11.5 Å². The molecule has 4 rings (SSSR count). The van der Waals surface area contributed by atoms with Crippen LogP contribution in [0.25, 0.3) is 22.3 Å². The van der Waals surface area contributed by atoms with Crippen molar-refractivity contribution in [3.05, 3.63) is 95.0 Å². The number of hydrogen-bond acceptors (Lipinski definition) is 4. The molecule has 0 atom stereocenters. The molecule has 0 heterocycles. The van der Waals surface area contributed by atoms with Crippen LogP contribution < -0.4 is 0 Å². The van der Waals surface area contributed by atoms with E-state index >= 15 is 0 Å². The molecule has 0 spiro atoms. The summed E-state index contributed by atoms with van der Waals surface area (Å²) in [4.78, 5) is -0.736. The highest BCUT2D eigenvalue weighted by atomic mass is 35.5. The van der Waals surface area contributed by atoms with Gasteiger partial charge in [0.1, 0.15) is 21.3 Å². The minimum Gasteiger partial charge on any atom is -0.506 e. The maximum absolute atomic E-state index is 13.5. The van der Waals surface area contributed by atoms with Crippen LogP contribution in [0.15, 0.2) is 94.7 Å². The van der Waals surface area contributed by atoms with E-state index in [9.17, 15) is 18.6 Å². The first-order valence-electron chi connectivity index (χ1n) is 9.21. The van der Waals surface area contributed by atoms with Gasteiger partial charge >= 0.3 is 0 Å². The fourth-order valence-electron chi connectivity index (χ4n) is 3.41. The number of phenols is 2. The van der Waals surface area contributed by atoms with Crippen LogP contribution in [0.4, 0.5) is 0 Å². The van der Waals surface area contributed by atoms with Gasteiger partial charge in [0.05, 0.1) is 10.0 Å². The molecule has 0 aliphatic heterocycles. The number of hydrogen-bond donors (Lipinski definition) is 2.